The summed E-state index contributed by atoms with van der Waals surface area (Å²) >= 11 is 6.06. The maximum Gasteiger partial charge on any atom is 0.163 e. The summed E-state index contributed by atoms with van der Waals surface area (Å²) in [6, 6.07) is 19.9. The molecular formula is C20H15ClN4. The molecular weight excluding hydrogens is 332 g/mol. The topological polar surface area (TPSA) is 41.9 Å². The van der Waals surface area contributed by atoms with E-state index in [1.165, 1.54) is 0 Å². The first-order chi connectivity index (χ1) is 12.3. The van der Waals surface area contributed by atoms with Gasteiger partial charge in [-0.3, -0.25) is 4.98 Å². The Morgan fingerprint density at radius 1 is 0.880 bits per heavy atom. The van der Waals surface area contributed by atoms with Crippen LogP contribution in [0.3, 0.4) is 0 Å². The van der Waals surface area contributed by atoms with E-state index in [-0.39, 0.29) is 0 Å². The largest absolute Gasteiger partial charge is 0.320 e. The van der Waals surface area contributed by atoms with Crippen molar-refractivity contribution in [1.82, 2.24) is 15.2 Å². The molecule has 0 atom stereocenters. The number of fused-ring (bicyclic) bond motifs is 1. The summed E-state index contributed by atoms with van der Waals surface area (Å²) in [5.74, 6) is 0.817. The van der Waals surface area contributed by atoms with Gasteiger partial charge in [0, 0.05) is 40.4 Å². The molecule has 0 amide bonds. The van der Waals surface area contributed by atoms with Gasteiger partial charge < -0.3 is 4.90 Å². The summed E-state index contributed by atoms with van der Waals surface area (Å²) < 4.78 is 0. The van der Waals surface area contributed by atoms with Crippen LogP contribution in [0.4, 0.5) is 11.5 Å². The quantitative estimate of drug-likeness (QED) is 0.520. The van der Waals surface area contributed by atoms with E-state index in [1.54, 1.807) is 18.6 Å². The number of benzene rings is 2. The fourth-order valence-corrected chi connectivity index (χ4v) is 2.92. The predicted molar refractivity (Wildman–Crippen MR) is 101 cm³/mol. The predicted octanol–water partition coefficient (Wildman–Crippen LogP) is 5.02. The number of rotatable bonds is 4. The van der Waals surface area contributed by atoms with Gasteiger partial charge in [-0.1, -0.05) is 35.9 Å². The lowest BCUT2D eigenvalue weighted by Crippen LogP contribution is -2.18. The first-order valence-electron chi connectivity index (χ1n) is 7.94. The second-order valence-electron chi connectivity index (χ2n) is 5.67. The van der Waals surface area contributed by atoms with E-state index >= 15 is 0 Å². The summed E-state index contributed by atoms with van der Waals surface area (Å²) in [5, 5.41) is 11.4. The molecule has 2 heterocycles. The average Bonchev–Trinajstić information content (AvgIpc) is 2.67. The molecule has 0 saturated carbocycles. The van der Waals surface area contributed by atoms with Gasteiger partial charge in [0.2, 0.25) is 0 Å². The Kier molecular flexibility index (Phi) is 4.27. The maximum absolute atomic E-state index is 6.06. The number of aromatic nitrogens is 3. The van der Waals surface area contributed by atoms with Crippen molar-refractivity contribution >= 4 is 33.9 Å². The van der Waals surface area contributed by atoms with Gasteiger partial charge in [0.05, 0.1) is 6.20 Å². The number of hydrogen-bond acceptors (Lipinski definition) is 4. The maximum atomic E-state index is 6.06. The molecule has 0 saturated heterocycles. The summed E-state index contributed by atoms with van der Waals surface area (Å²) in [7, 11) is 0. The average molecular weight is 347 g/mol. The van der Waals surface area contributed by atoms with Gasteiger partial charge >= 0.3 is 0 Å². The molecule has 4 nitrogen and oxygen atoms in total. The highest BCUT2D eigenvalue weighted by atomic mass is 35.5. The van der Waals surface area contributed by atoms with Gasteiger partial charge in [-0.05, 0) is 42.0 Å². The molecule has 0 aliphatic heterocycles. The smallest absolute Gasteiger partial charge is 0.163 e. The lowest BCUT2D eigenvalue weighted by Gasteiger charge is -2.24. The van der Waals surface area contributed by atoms with Crippen LogP contribution in [0.5, 0.6) is 0 Å². The summed E-state index contributed by atoms with van der Waals surface area (Å²) in [4.78, 5) is 6.24. The van der Waals surface area contributed by atoms with Crippen LogP contribution in [0.2, 0.25) is 5.02 Å². The number of nitrogens with zero attached hydrogens (tertiary/aromatic N) is 4. The van der Waals surface area contributed by atoms with Crippen molar-refractivity contribution in [2.75, 3.05) is 4.90 Å². The summed E-state index contributed by atoms with van der Waals surface area (Å²) in [5.41, 5.74) is 2.14. The van der Waals surface area contributed by atoms with Crippen molar-refractivity contribution in [1.29, 1.82) is 0 Å². The third kappa shape index (κ3) is 3.30. The third-order valence-corrected chi connectivity index (χ3v) is 4.29. The number of halogens is 1. The zero-order valence-electron chi connectivity index (χ0n) is 13.4. The molecule has 25 heavy (non-hydrogen) atoms. The molecule has 0 spiro atoms. The van der Waals surface area contributed by atoms with Gasteiger partial charge in [-0.15, -0.1) is 5.10 Å². The third-order valence-electron chi connectivity index (χ3n) is 4.03. The molecule has 4 rings (SSSR count). The normalized spacial score (nSPS) is 10.8. The second kappa shape index (κ2) is 6.87. The van der Waals surface area contributed by atoms with Crippen LogP contribution in [-0.4, -0.2) is 15.2 Å². The van der Waals surface area contributed by atoms with Crippen molar-refractivity contribution in [2.45, 2.75) is 6.54 Å². The van der Waals surface area contributed by atoms with Crippen LogP contribution in [0.1, 0.15) is 5.56 Å². The lowest BCUT2D eigenvalue weighted by molar-refractivity contribution is 0.914. The van der Waals surface area contributed by atoms with Crippen molar-refractivity contribution < 1.29 is 0 Å². The fourth-order valence-electron chi connectivity index (χ4n) is 2.79. The summed E-state index contributed by atoms with van der Waals surface area (Å²) in [6.07, 6.45) is 5.37. The monoisotopic (exact) mass is 346 g/mol. The minimum absolute atomic E-state index is 0.660. The minimum Gasteiger partial charge on any atom is -0.320 e. The zero-order valence-corrected chi connectivity index (χ0v) is 14.1. The van der Waals surface area contributed by atoms with Crippen molar-refractivity contribution in [3.05, 3.63) is 89.8 Å². The molecule has 2 aromatic heterocycles. The molecule has 5 heteroatoms. The van der Waals surface area contributed by atoms with Gasteiger partial charge in [0.25, 0.3) is 0 Å². The standard InChI is InChI=1S/C20H15ClN4/c21-17-5-7-18(8-6-17)25(14-15-9-11-22-12-10-15)20-19-4-2-1-3-16(19)13-23-24-20/h1-13H,14H2. The highest BCUT2D eigenvalue weighted by Gasteiger charge is 2.15. The van der Waals surface area contributed by atoms with Gasteiger partial charge in [0.1, 0.15) is 0 Å². The first kappa shape index (κ1) is 15.5. The van der Waals surface area contributed by atoms with E-state index in [1.807, 2.05) is 54.6 Å². The highest BCUT2D eigenvalue weighted by Crippen LogP contribution is 2.31. The molecule has 2 aromatic carbocycles. The van der Waals surface area contributed by atoms with Gasteiger partial charge in [0.15, 0.2) is 5.82 Å². The van der Waals surface area contributed by atoms with Crippen LogP contribution < -0.4 is 4.90 Å². The molecule has 0 aliphatic rings. The fraction of sp³-hybridized carbons (Fsp3) is 0.0500. The first-order valence-corrected chi connectivity index (χ1v) is 8.31. The Balaban J connectivity index is 1.85. The van der Waals surface area contributed by atoms with E-state index in [4.69, 9.17) is 11.6 Å². The number of hydrogen-bond donors (Lipinski definition) is 0. The van der Waals surface area contributed by atoms with Crippen LogP contribution in [0, 0.1) is 0 Å². The van der Waals surface area contributed by atoms with Crippen LogP contribution >= 0.6 is 11.6 Å². The Labute approximate surface area is 150 Å². The summed E-state index contributed by atoms with van der Waals surface area (Å²) in [6.45, 7) is 0.660. The van der Waals surface area contributed by atoms with Gasteiger partial charge in [-0.2, -0.15) is 5.10 Å². The molecule has 0 fully saturated rings. The lowest BCUT2D eigenvalue weighted by atomic mass is 10.1. The Hall–Kier alpha value is -2.98. The van der Waals surface area contributed by atoms with Crippen LogP contribution in [0.25, 0.3) is 10.8 Å². The van der Waals surface area contributed by atoms with Crippen molar-refractivity contribution in [3.8, 4) is 0 Å². The molecule has 4 aromatic rings. The van der Waals surface area contributed by atoms with Crippen LogP contribution in [0.15, 0.2) is 79.3 Å². The molecule has 122 valence electrons. The molecule has 0 N–H and O–H groups in total. The Morgan fingerprint density at radius 3 is 2.44 bits per heavy atom. The van der Waals surface area contributed by atoms with Gasteiger partial charge in [-0.25, -0.2) is 0 Å². The Morgan fingerprint density at radius 2 is 1.64 bits per heavy atom. The van der Waals surface area contributed by atoms with E-state index in [0.717, 1.165) is 27.8 Å². The second-order valence-corrected chi connectivity index (χ2v) is 6.11. The number of pyridine rings is 1. The molecule has 0 radical (unpaired) electrons. The molecule has 0 aliphatic carbocycles. The number of anilines is 2. The van der Waals surface area contributed by atoms with E-state index in [2.05, 4.69) is 26.1 Å². The Bertz CT molecular complexity index is 982. The van der Waals surface area contributed by atoms with Crippen LogP contribution in [-0.2, 0) is 6.54 Å². The SMILES string of the molecule is Clc1ccc(N(Cc2ccncc2)c2nncc3ccccc23)cc1. The van der Waals surface area contributed by atoms with Crippen molar-refractivity contribution in [2.24, 2.45) is 0 Å². The molecule has 0 unspecified atom stereocenters. The highest BCUT2D eigenvalue weighted by molar-refractivity contribution is 6.30. The zero-order chi connectivity index (χ0) is 17.1. The van der Waals surface area contributed by atoms with E-state index in [0.29, 0.717) is 11.6 Å². The van der Waals surface area contributed by atoms with E-state index in [9.17, 15) is 0 Å². The minimum atomic E-state index is 0.660. The molecule has 0 bridgehead atoms. The van der Waals surface area contributed by atoms with E-state index < -0.39 is 0 Å². The van der Waals surface area contributed by atoms with Crippen molar-refractivity contribution in [3.63, 3.8) is 0 Å².